The number of hydrogen-bond donors (Lipinski definition) is 1. The molecule has 0 radical (unpaired) electrons. The van der Waals surface area contributed by atoms with Crippen LogP contribution in [0.15, 0.2) is 29.8 Å². The predicted octanol–water partition coefficient (Wildman–Crippen LogP) is 4.05. The molecule has 0 aliphatic heterocycles. The average Bonchev–Trinajstić information content (AvgIpc) is 2.32. The number of hydrogen-bond acceptors (Lipinski definition) is 1. The zero-order valence-electron chi connectivity index (χ0n) is 11.5. The minimum atomic E-state index is -0.386. The molecule has 0 fully saturated rings. The summed E-state index contributed by atoms with van der Waals surface area (Å²) in [4.78, 5) is 0. The molecule has 3 heteroatoms. The van der Waals surface area contributed by atoms with Crippen molar-refractivity contribution in [1.29, 1.82) is 0 Å². The fraction of sp³-hybridized carbons (Fsp3) is 0.500. The molecule has 1 aliphatic carbocycles. The minimum absolute atomic E-state index is 0.345. The summed E-state index contributed by atoms with van der Waals surface area (Å²) in [7, 11) is 0. The molecule has 104 valence electrons. The highest BCUT2D eigenvalue weighted by atomic mass is 19.1. The molecule has 1 aliphatic rings. The van der Waals surface area contributed by atoms with Crippen LogP contribution in [0.1, 0.15) is 32.3 Å². The van der Waals surface area contributed by atoms with Crippen LogP contribution < -0.4 is 5.32 Å². The Kier molecular flexibility index (Phi) is 4.70. The van der Waals surface area contributed by atoms with Gasteiger partial charge in [0.25, 0.3) is 0 Å². The van der Waals surface area contributed by atoms with Gasteiger partial charge in [0.15, 0.2) is 0 Å². The van der Waals surface area contributed by atoms with E-state index in [-0.39, 0.29) is 11.6 Å². The molecule has 2 atom stereocenters. The minimum Gasteiger partial charge on any atom is -0.312 e. The van der Waals surface area contributed by atoms with Crippen LogP contribution in [0.3, 0.4) is 0 Å². The number of allylic oxidation sites excluding steroid dienone is 2. The molecule has 1 aromatic carbocycles. The molecule has 0 spiro atoms. The van der Waals surface area contributed by atoms with Gasteiger partial charge < -0.3 is 5.32 Å². The molecule has 0 amide bonds. The molecule has 0 saturated carbocycles. The monoisotopic (exact) mass is 265 g/mol. The number of nitrogens with one attached hydrogen (secondary N) is 1. The molecule has 0 heterocycles. The third-order valence-electron chi connectivity index (χ3n) is 3.64. The normalized spacial score (nSPS) is 23.3. The van der Waals surface area contributed by atoms with Gasteiger partial charge in [-0.15, -0.1) is 0 Å². The van der Waals surface area contributed by atoms with Gasteiger partial charge in [0, 0.05) is 12.1 Å². The molecular formula is C16H21F2N. The zero-order chi connectivity index (χ0) is 13.8. The molecular weight excluding hydrogens is 244 g/mol. The summed E-state index contributed by atoms with van der Waals surface area (Å²) in [5.74, 6) is 0.480. The second-order valence-corrected chi connectivity index (χ2v) is 5.66. The highest BCUT2D eigenvalue weighted by Crippen LogP contribution is 2.27. The lowest BCUT2D eigenvalue weighted by molar-refractivity contribution is 0.379. The molecule has 0 bridgehead atoms. The van der Waals surface area contributed by atoms with E-state index in [1.54, 1.807) is 0 Å². The highest BCUT2D eigenvalue weighted by molar-refractivity contribution is 5.18. The van der Waals surface area contributed by atoms with Crippen LogP contribution in [0.2, 0.25) is 0 Å². The Morgan fingerprint density at radius 1 is 1.32 bits per heavy atom. The van der Waals surface area contributed by atoms with Crippen molar-refractivity contribution in [3.8, 4) is 0 Å². The second kappa shape index (κ2) is 6.29. The first-order chi connectivity index (χ1) is 9.04. The summed E-state index contributed by atoms with van der Waals surface area (Å²) in [6, 6.07) is 3.59. The van der Waals surface area contributed by atoms with E-state index in [9.17, 15) is 8.78 Å². The Morgan fingerprint density at radius 3 is 2.84 bits per heavy atom. The van der Waals surface area contributed by atoms with Crippen LogP contribution in [0, 0.1) is 23.5 Å². The summed E-state index contributed by atoms with van der Waals surface area (Å²) in [5.41, 5.74) is 1.83. The number of rotatable bonds is 4. The second-order valence-electron chi connectivity index (χ2n) is 5.66. The van der Waals surface area contributed by atoms with Gasteiger partial charge in [0.05, 0.1) is 0 Å². The topological polar surface area (TPSA) is 12.0 Å². The fourth-order valence-corrected chi connectivity index (χ4v) is 2.93. The number of halogens is 2. The van der Waals surface area contributed by atoms with E-state index >= 15 is 0 Å². The Hall–Kier alpha value is -1.22. The Balaban J connectivity index is 1.84. The van der Waals surface area contributed by atoms with Gasteiger partial charge in [-0.2, -0.15) is 0 Å². The van der Waals surface area contributed by atoms with Crippen molar-refractivity contribution in [3.05, 3.63) is 47.0 Å². The lowest BCUT2D eigenvalue weighted by atomic mass is 9.84. The van der Waals surface area contributed by atoms with Gasteiger partial charge in [0.2, 0.25) is 0 Å². The Labute approximate surface area is 113 Å². The molecule has 1 nitrogen and oxygen atoms in total. The highest BCUT2D eigenvalue weighted by Gasteiger charge is 2.17. The molecule has 1 N–H and O–H groups in total. The molecule has 1 aromatic rings. The van der Waals surface area contributed by atoms with Gasteiger partial charge >= 0.3 is 0 Å². The summed E-state index contributed by atoms with van der Waals surface area (Å²) < 4.78 is 26.5. The van der Waals surface area contributed by atoms with Gasteiger partial charge in [-0.1, -0.05) is 18.6 Å². The van der Waals surface area contributed by atoms with E-state index in [2.05, 4.69) is 25.2 Å². The average molecular weight is 265 g/mol. The van der Waals surface area contributed by atoms with E-state index in [1.165, 1.54) is 17.7 Å². The summed E-state index contributed by atoms with van der Waals surface area (Å²) in [6.07, 6.45) is 4.59. The number of benzene rings is 1. The smallest absolute Gasteiger partial charge is 0.127 e. The third kappa shape index (κ3) is 4.13. The van der Waals surface area contributed by atoms with Crippen LogP contribution >= 0.6 is 0 Å². The van der Waals surface area contributed by atoms with Crippen LogP contribution in [0.5, 0.6) is 0 Å². The molecule has 0 aromatic heterocycles. The van der Waals surface area contributed by atoms with Gasteiger partial charge in [-0.25, -0.2) is 8.78 Å². The quantitative estimate of drug-likeness (QED) is 0.810. The Bertz CT molecular complexity index is 468. The summed E-state index contributed by atoms with van der Waals surface area (Å²) in [5, 5.41) is 3.25. The maximum absolute atomic E-state index is 13.4. The fourth-order valence-electron chi connectivity index (χ4n) is 2.93. The van der Waals surface area contributed by atoms with Crippen molar-refractivity contribution in [2.24, 2.45) is 11.8 Å². The van der Waals surface area contributed by atoms with Crippen LogP contribution in [-0.2, 0) is 6.54 Å². The predicted molar refractivity (Wildman–Crippen MR) is 73.7 cm³/mol. The van der Waals surface area contributed by atoms with Crippen molar-refractivity contribution in [3.63, 3.8) is 0 Å². The molecule has 0 saturated heterocycles. The van der Waals surface area contributed by atoms with Crippen molar-refractivity contribution < 1.29 is 8.78 Å². The molecule has 2 unspecified atom stereocenters. The largest absolute Gasteiger partial charge is 0.312 e. The lowest BCUT2D eigenvalue weighted by Crippen LogP contribution is -2.26. The molecule has 19 heavy (non-hydrogen) atoms. The van der Waals surface area contributed by atoms with E-state index in [4.69, 9.17) is 0 Å². The van der Waals surface area contributed by atoms with E-state index < -0.39 is 0 Å². The summed E-state index contributed by atoms with van der Waals surface area (Å²) in [6.45, 7) is 5.62. The van der Waals surface area contributed by atoms with Crippen molar-refractivity contribution in [2.45, 2.75) is 33.2 Å². The van der Waals surface area contributed by atoms with E-state index in [0.717, 1.165) is 25.5 Å². The van der Waals surface area contributed by atoms with Gasteiger partial charge in [-0.3, -0.25) is 0 Å². The first-order valence-electron chi connectivity index (χ1n) is 6.86. The van der Waals surface area contributed by atoms with Gasteiger partial charge in [-0.05, 0) is 56.3 Å². The van der Waals surface area contributed by atoms with Crippen LogP contribution in [-0.4, -0.2) is 6.54 Å². The third-order valence-corrected chi connectivity index (χ3v) is 3.64. The van der Waals surface area contributed by atoms with Crippen molar-refractivity contribution in [1.82, 2.24) is 5.32 Å². The standard InChI is InChI=1S/C16H21F2N/c1-11-5-12(2)7-13(6-11)9-19-10-14-8-15(17)3-4-16(14)18/h3-5,8,11,13,19H,6-7,9-10H2,1-2H3. The van der Waals surface area contributed by atoms with Crippen molar-refractivity contribution in [2.75, 3.05) is 6.54 Å². The van der Waals surface area contributed by atoms with Crippen molar-refractivity contribution >= 4 is 0 Å². The maximum atomic E-state index is 13.4. The SMILES string of the molecule is CC1=CC(C)CC(CNCc2cc(F)ccc2F)C1. The van der Waals surface area contributed by atoms with Gasteiger partial charge in [0.1, 0.15) is 11.6 Å². The van der Waals surface area contributed by atoms with E-state index in [1.807, 2.05) is 0 Å². The summed E-state index contributed by atoms with van der Waals surface area (Å²) >= 11 is 0. The van der Waals surface area contributed by atoms with Crippen LogP contribution in [0.4, 0.5) is 8.78 Å². The van der Waals surface area contributed by atoms with Crippen LogP contribution in [0.25, 0.3) is 0 Å². The zero-order valence-corrected chi connectivity index (χ0v) is 11.5. The first kappa shape index (κ1) is 14.2. The lowest BCUT2D eigenvalue weighted by Gasteiger charge is -2.25. The Morgan fingerprint density at radius 2 is 2.11 bits per heavy atom. The van der Waals surface area contributed by atoms with E-state index in [0.29, 0.717) is 23.9 Å². The maximum Gasteiger partial charge on any atom is 0.127 e. The first-order valence-corrected chi connectivity index (χ1v) is 6.86. The molecule has 2 rings (SSSR count).